The molecule has 0 aliphatic heterocycles. The van der Waals surface area contributed by atoms with Gasteiger partial charge in [0.15, 0.2) is 0 Å². The minimum Gasteiger partial charge on any atom is -0.388 e. The number of benzene rings is 1. The van der Waals surface area contributed by atoms with Gasteiger partial charge in [-0.1, -0.05) is 26.0 Å². The lowest BCUT2D eigenvalue weighted by Gasteiger charge is -2.25. The molecule has 0 aromatic heterocycles. The fraction of sp³-hybridized carbons (Fsp3) is 0.500. The first kappa shape index (κ1) is 15.0. The van der Waals surface area contributed by atoms with Gasteiger partial charge in [0.25, 0.3) is 5.91 Å². The first-order valence-corrected chi connectivity index (χ1v) is 6.73. The van der Waals surface area contributed by atoms with Crippen LogP contribution in [-0.2, 0) is 5.88 Å². The van der Waals surface area contributed by atoms with Crippen molar-refractivity contribution in [3.8, 4) is 0 Å². The molecule has 0 saturated carbocycles. The van der Waals surface area contributed by atoms with Crippen molar-refractivity contribution in [1.29, 1.82) is 0 Å². The van der Waals surface area contributed by atoms with Crippen LogP contribution < -0.4 is 5.32 Å². The number of alkyl halides is 1. The van der Waals surface area contributed by atoms with Crippen molar-refractivity contribution in [2.75, 3.05) is 6.54 Å². The van der Waals surface area contributed by atoms with Crippen LogP contribution in [0.25, 0.3) is 0 Å². The van der Waals surface area contributed by atoms with Crippen LogP contribution in [0.1, 0.15) is 42.6 Å². The fourth-order valence-corrected chi connectivity index (χ4v) is 1.77. The molecule has 0 unspecified atom stereocenters. The molecular formula is C14H20ClNO2. The zero-order chi connectivity index (χ0) is 13.6. The van der Waals surface area contributed by atoms with Gasteiger partial charge in [-0.25, -0.2) is 0 Å². The lowest BCUT2D eigenvalue weighted by atomic mass is 9.97. The number of nitrogens with one attached hydrogen (secondary N) is 1. The summed E-state index contributed by atoms with van der Waals surface area (Å²) >= 11 is 5.68. The van der Waals surface area contributed by atoms with Gasteiger partial charge in [-0.2, -0.15) is 0 Å². The summed E-state index contributed by atoms with van der Waals surface area (Å²) in [6, 6.07) is 7.13. The summed E-state index contributed by atoms with van der Waals surface area (Å²) in [5.41, 5.74) is 0.747. The molecule has 4 heteroatoms. The highest BCUT2D eigenvalue weighted by Gasteiger charge is 2.22. The Labute approximate surface area is 113 Å². The number of aliphatic hydroxyl groups is 1. The van der Waals surface area contributed by atoms with Crippen molar-refractivity contribution in [2.24, 2.45) is 0 Å². The van der Waals surface area contributed by atoms with Crippen LogP contribution >= 0.6 is 11.6 Å². The third kappa shape index (κ3) is 4.00. The smallest absolute Gasteiger partial charge is 0.251 e. The maximum atomic E-state index is 11.9. The van der Waals surface area contributed by atoms with E-state index in [0.29, 0.717) is 24.3 Å². The summed E-state index contributed by atoms with van der Waals surface area (Å²) in [7, 11) is 0. The number of halogens is 1. The predicted octanol–water partition coefficient (Wildman–Crippen LogP) is 2.71. The quantitative estimate of drug-likeness (QED) is 0.780. The van der Waals surface area contributed by atoms with E-state index in [-0.39, 0.29) is 12.5 Å². The van der Waals surface area contributed by atoms with E-state index in [4.69, 9.17) is 11.6 Å². The lowest BCUT2D eigenvalue weighted by Crippen LogP contribution is -2.42. The summed E-state index contributed by atoms with van der Waals surface area (Å²) in [5.74, 6) is 0.268. The van der Waals surface area contributed by atoms with Crippen molar-refractivity contribution in [2.45, 2.75) is 38.2 Å². The Kier molecular flexibility index (Phi) is 5.63. The number of hydrogen-bond donors (Lipinski definition) is 2. The maximum absolute atomic E-state index is 11.9. The van der Waals surface area contributed by atoms with Gasteiger partial charge in [0.2, 0.25) is 0 Å². The third-order valence-electron chi connectivity index (χ3n) is 3.26. The Balaban J connectivity index is 2.59. The van der Waals surface area contributed by atoms with E-state index >= 15 is 0 Å². The number of carbonyl (C=O) groups excluding carboxylic acids is 1. The highest BCUT2D eigenvalue weighted by atomic mass is 35.5. The molecule has 0 saturated heterocycles. The SMILES string of the molecule is CCC(O)(CC)CNC(=O)c1ccc(CCl)cc1. The molecule has 0 spiro atoms. The van der Waals surface area contributed by atoms with Crippen LogP contribution in [0.2, 0.25) is 0 Å². The largest absolute Gasteiger partial charge is 0.388 e. The summed E-state index contributed by atoms with van der Waals surface area (Å²) < 4.78 is 0. The Morgan fingerprint density at radius 1 is 1.28 bits per heavy atom. The number of hydrogen-bond acceptors (Lipinski definition) is 2. The first-order valence-electron chi connectivity index (χ1n) is 6.20. The van der Waals surface area contributed by atoms with Gasteiger partial charge < -0.3 is 10.4 Å². The molecular weight excluding hydrogens is 250 g/mol. The second-order valence-electron chi connectivity index (χ2n) is 4.44. The van der Waals surface area contributed by atoms with E-state index in [2.05, 4.69) is 5.32 Å². The monoisotopic (exact) mass is 269 g/mol. The second kappa shape index (κ2) is 6.76. The molecule has 0 aliphatic rings. The van der Waals surface area contributed by atoms with Crippen LogP contribution in [0.4, 0.5) is 0 Å². The number of rotatable bonds is 6. The number of amides is 1. The molecule has 1 rings (SSSR count). The Morgan fingerprint density at radius 2 is 1.83 bits per heavy atom. The zero-order valence-electron chi connectivity index (χ0n) is 10.9. The summed E-state index contributed by atoms with van der Waals surface area (Å²) in [5, 5.41) is 12.8. The zero-order valence-corrected chi connectivity index (χ0v) is 11.6. The molecule has 1 aromatic carbocycles. The molecule has 2 N–H and O–H groups in total. The van der Waals surface area contributed by atoms with Crippen molar-refractivity contribution in [1.82, 2.24) is 5.32 Å². The van der Waals surface area contributed by atoms with E-state index in [1.54, 1.807) is 12.1 Å². The van der Waals surface area contributed by atoms with E-state index in [0.717, 1.165) is 5.56 Å². The van der Waals surface area contributed by atoms with Crippen LogP contribution in [0.3, 0.4) is 0 Å². The topological polar surface area (TPSA) is 49.3 Å². The van der Waals surface area contributed by atoms with Gasteiger partial charge in [-0.3, -0.25) is 4.79 Å². The minimum absolute atomic E-state index is 0.170. The Morgan fingerprint density at radius 3 is 2.28 bits per heavy atom. The predicted molar refractivity (Wildman–Crippen MR) is 73.9 cm³/mol. The van der Waals surface area contributed by atoms with Crippen LogP contribution in [-0.4, -0.2) is 23.2 Å². The van der Waals surface area contributed by atoms with Gasteiger partial charge in [-0.15, -0.1) is 11.6 Å². The summed E-state index contributed by atoms with van der Waals surface area (Å²) in [6.45, 7) is 4.09. The van der Waals surface area contributed by atoms with Crippen molar-refractivity contribution < 1.29 is 9.90 Å². The molecule has 0 aliphatic carbocycles. The third-order valence-corrected chi connectivity index (χ3v) is 3.57. The molecule has 0 bridgehead atoms. The summed E-state index contributed by atoms with van der Waals surface area (Å²) in [6.07, 6.45) is 1.24. The number of carbonyl (C=O) groups is 1. The van der Waals surface area contributed by atoms with E-state index < -0.39 is 5.60 Å². The van der Waals surface area contributed by atoms with Crippen molar-refractivity contribution in [3.63, 3.8) is 0 Å². The van der Waals surface area contributed by atoms with Crippen molar-refractivity contribution >= 4 is 17.5 Å². The maximum Gasteiger partial charge on any atom is 0.251 e. The minimum atomic E-state index is -0.814. The van der Waals surface area contributed by atoms with Crippen LogP contribution in [0.15, 0.2) is 24.3 Å². The second-order valence-corrected chi connectivity index (χ2v) is 4.71. The van der Waals surface area contributed by atoms with Gasteiger partial charge in [0.1, 0.15) is 0 Å². The van der Waals surface area contributed by atoms with Gasteiger partial charge in [0.05, 0.1) is 5.60 Å². The van der Waals surface area contributed by atoms with Gasteiger partial charge >= 0.3 is 0 Å². The average molecular weight is 270 g/mol. The molecule has 18 heavy (non-hydrogen) atoms. The standard InChI is InChI=1S/C14H20ClNO2/c1-3-14(18,4-2)10-16-13(17)12-7-5-11(9-15)6-8-12/h5-8,18H,3-4,9-10H2,1-2H3,(H,16,17). The highest BCUT2D eigenvalue weighted by Crippen LogP contribution is 2.13. The highest BCUT2D eigenvalue weighted by molar-refractivity contribution is 6.17. The fourth-order valence-electron chi connectivity index (χ4n) is 1.59. The first-order chi connectivity index (χ1) is 8.54. The lowest BCUT2D eigenvalue weighted by molar-refractivity contribution is 0.0314. The molecule has 3 nitrogen and oxygen atoms in total. The van der Waals surface area contributed by atoms with Gasteiger partial charge in [-0.05, 0) is 30.5 Å². The molecule has 0 heterocycles. The molecule has 100 valence electrons. The molecule has 1 amide bonds. The van der Waals surface area contributed by atoms with Crippen LogP contribution in [0.5, 0.6) is 0 Å². The van der Waals surface area contributed by atoms with E-state index in [1.165, 1.54) is 0 Å². The van der Waals surface area contributed by atoms with Crippen LogP contribution in [0, 0.1) is 0 Å². The van der Waals surface area contributed by atoms with Crippen molar-refractivity contribution in [3.05, 3.63) is 35.4 Å². The Hall–Kier alpha value is -1.06. The average Bonchev–Trinajstić information content (AvgIpc) is 2.44. The molecule has 1 aromatic rings. The van der Waals surface area contributed by atoms with E-state index in [9.17, 15) is 9.90 Å². The normalized spacial score (nSPS) is 11.3. The van der Waals surface area contributed by atoms with Gasteiger partial charge in [0, 0.05) is 18.0 Å². The summed E-state index contributed by atoms with van der Waals surface area (Å²) in [4.78, 5) is 11.9. The molecule has 0 radical (unpaired) electrons. The Bertz CT molecular complexity index is 385. The molecule has 0 fully saturated rings. The molecule has 0 atom stereocenters. The van der Waals surface area contributed by atoms with E-state index in [1.807, 2.05) is 26.0 Å².